The molecule has 0 amide bonds. The van der Waals surface area contributed by atoms with Crippen LogP contribution in [0.5, 0.6) is 0 Å². The summed E-state index contributed by atoms with van der Waals surface area (Å²) in [5, 5.41) is 0. The maximum atomic E-state index is 2.55. The van der Waals surface area contributed by atoms with Crippen LogP contribution in [0.2, 0.25) is 0 Å². The van der Waals surface area contributed by atoms with E-state index in [0.29, 0.717) is 11.8 Å². The zero-order chi connectivity index (χ0) is 16.8. The molecule has 128 valence electrons. The Balaban J connectivity index is 1.51. The van der Waals surface area contributed by atoms with Crippen molar-refractivity contribution in [1.82, 2.24) is 0 Å². The van der Waals surface area contributed by atoms with Crippen molar-refractivity contribution in [3.63, 3.8) is 0 Å². The summed E-state index contributed by atoms with van der Waals surface area (Å²) >= 11 is 0. The van der Waals surface area contributed by atoms with Crippen LogP contribution in [-0.4, -0.2) is 0 Å². The molecule has 0 heteroatoms. The van der Waals surface area contributed by atoms with Crippen molar-refractivity contribution in [3.05, 3.63) is 83.9 Å². The van der Waals surface area contributed by atoms with Gasteiger partial charge in [0.1, 0.15) is 0 Å². The van der Waals surface area contributed by atoms with E-state index in [0.717, 1.165) is 29.6 Å². The Labute approximate surface area is 152 Å². The van der Waals surface area contributed by atoms with Gasteiger partial charge in [-0.3, -0.25) is 0 Å². The van der Waals surface area contributed by atoms with Crippen LogP contribution in [0.4, 0.5) is 0 Å². The van der Waals surface area contributed by atoms with Crippen molar-refractivity contribution in [3.8, 4) is 0 Å². The number of hydrogen-bond acceptors (Lipinski definition) is 0. The van der Waals surface area contributed by atoms with Crippen molar-refractivity contribution in [2.24, 2.45) is 29.6 Å². The number of hydrogen-bond donors (Lipinski definition) is 0. The molecule has 2 aromatic carbocycles. The molecule has 3 aliphatic rings. The zero-order valence-corrected chi connectivity index (χ0v) is 15.1. The Morgan fingerprint density at radius 1 is 0.640 bits per heavy atom. The van der Waals surface area contributed by atoms with E-state index in [4.69, 9.17) is 0 Å². The Bertz CT molecular complexity index is 744. The second-order valence-corrected chi connectivity index (χ2v) is 8.69. The van der Waals surface area contributed by atoms with Crippen LogP contribution >= 0.6 is 0 Å². The smallest absolute Gasteiger partial charge is 0.00591 e. The Hall–Kier alpha value is -1.82. The first-order valence-electron chi connectivity index (χ1n) is 10.1. The standard InChI is InChI=1S/C25H28/c1-17-12-13-20(14-17)22-15-21-16-23(22)25(19-10-6-3-7-11-19)24(21)18-8-4-2-5-9-18/h2-13,17,20-25H,14-16H2,1H3. The molecule has 2 fully saturated rings. The second-order valence-electron chi connectivity index (χ2n) is 8.69. The topological polar surface area (TPSA) is 0 Å². The van der Waals surface area contributed by atoms with E-state index in [-0.39, 0.29) is 0 Å². The average molecular weight is 328 g/mol. The van der Waals surface area contributed by atoms with Crippen molar-refractivity contribution in [2.45, 2.75) is 38.0 Å². The van der Waals surface area contributed by atoms with Crippen molar-refractivity contribution < 1.29 is 0 Å². The number of allylic oxidation sites excluding steroid dienone is 2. The highest BCUT2D eigenvalue weighted by molar-refractivity contribution is 5.34. The van der Waals surface area contributed by atoms with Gasteiger partial charge < -0.3 is 0 Å². The third-order valence-corrected chi connectivity index (χ3v) is 7.31. The molecule has 0 nitrogen and oxygen atoms in total. The largest absolute Gasteiger partial charge is 0.0854 e. The predicted molar refractivity (Wildman–Crippen MR) is 104 cm³/mol. The van der Waals surface area contributed by atoms with Gasteiger partial charge in [0.25, 0.3) is 0 Å². The highest BCUT2D eigenvalue weighted by Crippen LogP contribution is 2.65. The van der Waals surface area contributed by atoms with Gasteiger partial charge in [0, 0.05) is 0 Å². The van der Waals surface area contributed by atoms with E-state index in [2.05, 4.69) is 79.7 Å². The first-order valence-corrected chi connectivity index (χ1v) is 10.1. The Morgan fingerprint density at radius 2 is 1.24 bits per heavy atom. The number of benzene rings is 2. The first-order chi connectivity index (χ1) is 12.3. The van der Waals surface area contributed by atoms with Gasteiger partial charge in [-0.1, -0.05) is 79.7 Å². The predicted octanol–water partition coefficient (Wildman–Crippen LogP) is 6.42. The molecular formula is C25H28. The van der Waals surface area contributed by atoms with Gasteiger partial charge in [-0.05, 0) is 71.8 Å². The van der Waals surface area contributed by atoms with Crippen LogP contribution in [0.25, 0.3) is 0 Å². The molecule has 2 aromatic rings. The molecule has 0 aromatic heterocycles. The summed E-state index contributed by atoms with van der Waals surface area (Å²) in [6.45, 7) is 2.38. The average Bonchev–Trinajstić information content (AvgIpc) is 3.37. The van der Waals surface area contributed by atoms with Crippen LogP contribution in [-0.2, 0) is 0 Å². The van der Waals surface area contributed by atoms with Crippen LogP contribution in [0, 0.1) is 29.6 Å². The lowest BCUT2D eigenvalue weighted by molar-refractivity contribution is 0.209. The monoisotopic (exact) mass is 328 g/mol. The van der Waals surface area contributed by atoms with E-state index >= 15 is 0 Å². The van der Waals surface area contributed by atoms with Gasteiger partial charge in [0.2, 0.25) is 0 Å². The van der Waals surface area contributed by atoms with Crippen molar-refractivity contribution in [1.29, 1.82) is 0 Å². The Kier molecular flexibility index (Phi) is 3.81. The molecule has 0 spiro atoms. The number of fused-ring (bicyclic) bond motifs is 2. The van der Waals surface area contributed by atoms with E-state index in [1.165, 1.54) is 19.3 Å². The lowest BCUT2D eigenvalue weighted by Gasteiger charge is -2.39. The molecule has 0 saturated heterocycles. The molecule has 0 N–H and O–H groups in total. The molecule has 0 heterocycles. The highest BCUT2D eigenvalue weighted by atomic mass is 14.6. The van der Waals surface area contributed by atoms with Gasteiger partial charge in [-0.25, -0.2) is 0 Å². The third kappa shape index (κ3) is 2.58. The Morgan fingerprint density at radius 3 is 1.84 bits per heavy atom. The molecule has 7 unspecified atom stereocenters. The lowest BCUT2D eigenvalue weighted by Crippen LogP contribution is -2.29. The van der Waals surface area contributed by atoms with Gasteiger partial charge in [-0.15, -0.1) is 0 Å². The maximum Gasteiger partial charge on any atom is -0.00591 e. The molecule has 2 saturated carbocycles. The quantitative estimate of drug-likeness (QED) is 0.570. The molecule has 2 bridgehead atoms. The van der Waals surface area contributed by atoms with Gasteiger partial charge in [0.05, 0.1) is 0 Å². The van der Waals surface area contributed by atoms with Crippen LogP contribution in [0.1, 0.15) is 49.1 Å². The van der Waals surface area contributed by atoms with E-state index in [9.17, 15) is 0 Å². The SMILES string of the molecule is CC1C=CC(C2CC3CC2C(c2ccccc2)C3c2ccccc2)C1. The van der Waals surface area contributed by atoms with E-state index < -0.39 is 0 Å². The molecule has 7 atom stereocenters. The summed E-state index contributed by atoms with van der Waals surface area (Å²) in [6, 6.07) is 22.7. The fourth-order valence-corrected chi connectivity index (χ4v) is 6.42. The summed E-state index contributed by atoms with van der Waals surface area (Å²) in [4.78, 5) is 0. The van der Waals surface area contributed by atoms with E-state index in [1.54, 1.807) is 11.1 Å². The summed E-state index contributed by atoms with van der Waals surface area (Å²) in [5.41, 5.74) is 3.14. The van der Waals surface area contributed by atoms with Crippen LogP contribution in [0.15, 0.2) is 72.8 Å². The van der Waals surface area contributed by atoms with Crippen molar-refractivity contribution >= 4 is 0 Å². The zero-order valence-electron chi connectivity index (χ0n) is 15.1. The van der Waals surface area contributed by atoms with Gasteiger partial charge >= 0.3 is 0 Å². The maximum absolute atomic E-state index is 2.55. The molecule has 5 rings (SSSR count). The summed E-state index contributed by atoms with van der Waals surface area (Å²) in [6.07, 6.45) is 9.27. The minimum Gasteiger partial charge on any atom is -0.0854 e. The summed E-state index contributed by atoms with van der Waals surface area (Å²) in [5.74, 6) is 5.65. The van der Waals surface area contributed by atoms with E-state index in [1.807, 2.05) is 0 Å². The van der Waals surface area contributed by atoms with Gasteiger partial charge in [0.15, 0.2) is 0 Å². The minimum absolute atomic E-state index is 0.705. The minimum atomic E-state index is 0.705. The van der Waals surface area contributed by atoms with Crippen LogP contribution in [0.3, 0.4) is 0 Å². The second kappa shape index (κ2) is 6.16. The molecule has 25 heavy (non-hydrogen) atoms. The fourth-order valence-electron chi connectivity index (χ4n) is 6.42. The molecular weight excluding hydrogens is 300 g/mol. The van der Waals surface area contributed by atoms with Crippen molar-refractivity contribution in [2.75, 3.05) is 0 Å². The molecule has 3 aliphatic carbocycles. The first kappa shape index (κ1) is 15.4. The number of rotatable bonds is 3. The summed E-state index contributed by atoms with van der Waals surface area (Å²) in [7, 11) is 0. The summed E-state index contributed by atoms with van der Waals surface area (Å²) < 4.78 is 0. The molecule has 0 radical (unpaired) electrons. The highest BCUT2D eigenvalue weighted by Gasteiger charge is 2.54. The van der Waals surface area contributed by atoms with Crippen LogP contribution < -0.4 is 0 Å². The molecule has 0 aliphatic heterocycles. The third-order valence-electron chi connectivity index (χ3n) is 7.31. The lowest BCUT2D eigenvalue weighted by atomic mass is 9.65. The normalized spacial score (nSPS) is 39.2. The fraction of sp³-hybridized carbons (Fsp3) is 0.440. The van der Waals surface area contributed by atoms with Gasteiger partial charge in [-0.2, -0.15) is 0 Å².